The van der Waals surface area contributed by atoms with Crippen molar-refractivity contribution in [3.8, 4) is 22.9 Å². The van der Waals surface area contributed by atoms with Crippen LogP contribution in [0.25, 0.3) is 22.3 Å². The van der Waals surface area contributed by atoms with E-state index in [0.717, 1.165) is 0 Å². The summed E-state index contributed by atoms with van der Waals surface area (Å²) in [4.78, 5) is 19.1. The predicted molar refractivity (Wildman–Crippen MR) is 80.9 cm³/mol. The molecule has 0 fully saturated rings. The molecule has 3 aromatic rings. The van der Waals surface area contributed by atoms with Crippen molar-refractivity contribution in [1.82, 2.24) is 9.97 Å². The number of aromatic amines is 1. The third-order valence-electron chi connectivity index (χ3n) is 3.32. The first-order valence-electron chi connectivity index (χ1n) is 6.55. The van der Waals surface area contributed by atoms with Gasteiger partial charge in [-0.1, -0.05) is 12.1 Å². The number of H-pyrrole nitrogens is 1. The zero-order chi connectivity index (χ0) is 15.7. The van der Waals surface area contributed by atoms with Gasteiger partial charge in [0.1, 0.15) is 5.82 Å². The molecule has 5 nitrogen and oxygen atoms in total. The van der Waals surface area contributed by atoms with E-state index >= 15 is 0 Å². The topological polar surface area (TPSA) is 64.2 Å². The van der Waals surface area contributed by atoms with Crippen LogP contribution < -0.4 is 15.0 Å². The van der Waals surface area contributed by atoms with Crippen LogP contribution in [0.4, 0.5) is 4.39 Å². The number of hydrogen-bond donors (Lipinski definition) is 1. The van der Waals surface area contributed by atoms with Crippen LogP contribution in [0.2, 0.25) is 0 Å². The maximum absolute atomic E-state index is 14.1. The number of rotatable bonds is 3. The van der Waals surface area contributed by atoms with Crippen LogP contribution in [0.3, 0.4) is 0 Å². The zero-order valence-electron chi connectivity index (χ0n) is 12.0. The summed E-state index contributed by atoms with van der Waals surface area (Å²) in [5.41, 5.74) is 0.658. The largest absolute Gasteiger partial charge is 0.493 e. The molecule has 1 aromatic heterocycles. The van der Waals surface area contributed by atoms with Gasteiger partial charge in [0, 0.05) is 5.56 Å². The lowest BCUT2D eigenvalue weighted by atomic mass is 10.1. The number of benzene rings is 2. The minimum Gasteiger partial charge on any atom is -0.493 e. The average Bonchev–Trinajstić information content (AvgIpc) is 2.54. The highest BCUT2D eigenvalue weighted by atomic mass is 19.1. The van der Waals surface area contributed by atoms with E-state index in [1.54, 1.807) is 30.3 Å². The lowest BCUT2D eigenvalue weighted by molar-refractivity contribution is 0.338. The van der Waals surface area contributed by atoms with Crippen molar-refractivity contribution < 1.29 is 13.9 Å². The van der Waals surface area contributed by atoms with Crippen molar-refractivity contribution in [3.63, 3.8) is 0 Å². The quantitative estimate of drug-likeness (QED) is 0.808. The fourth-order valence-electron chi connectivity index (χ4n) is 2.28. The molecule has 0 aliphatic carbocycles. The lowest BCUT2D eigenvalue weighted by Crippen LogP contribution is -2.09. The van der Waals surface area contributed by atoms with Crippen LogP contribution in [0.1, 0.15) is 0 Å². The summed E-state index contributed by atoms with van der Waals surface area (Å²) in [5, 5.41) is 0.479. The van der Waals surface area contributed by atoms with E-state index in [2.05, 4.69) is 9.97 Å². The highest BCUT2D eigenvalue weighted by molar-refractivity contribution is 5.79. The Morgan fingerprint density at radius 3 is 2.64 bits per heavy atom. The zero-order valence-corrected chi connectivity index (χ0v) is 12.0. The van der Waals surface area contributed by atoms with Crippen LogP contribution in [0.5, 0.6) is 11.5 Å². The van der Waals surface area contributed by atoms with Gasteiger partial charge in [-0.15, -0.1) is 0 Å². The molecule has 22 heavy (non-hydrogen) atoms. The number of fused-ring (bicyclic) bond motifs is 1. The average molecular weight is 300 g/mol. The van der Waals surface area contributed by atoms with Crippen LogP contribution in [0.15, 0.2) is 41.2 Å². The van der Waals surface area contributed by atoms with E-state index in [1.807, 2.05) is 0 Å². The summed E-state index contributed by atoms with van der Waals surface area (Å²) in [6.07, 6.45) is 0. The fraction of sp³-hybridized carbons (Fsp3) is 0.125. The standard InChI is InChI=1S/C16H13FN2O3/c1-21-13-8-9(7-11(17)14(13)22-2)15-18-12-6-4-3-5-10(12)16(20)19-15/h3-8H,1-2H3,(H,18,19,20). The van der Waals surface area contributed by atoms with Crippen LogP contribution in [-0.4, -0.2) is 24.2 Å². The Morgan fingerprint density at radius 2 is 1.91 bits per heavy atom. The van der Waals surface area contributed by atoms with Gasteiger partial charge in [-0.25, -0.2) is 9.37 Å². The summed E-state index contributed by atoms with van der Waals surface area (Å²) < 4.78 is 24.1. The van der Waals surface area contributed by atoms with Crippen molar-refractivity contribution in [1.29, 1.82) is 0 Å². The fourth-order valence-corrected chi connectivity index (χ4v) is 2.28. The van der Waals surface area contributed by atoms with Crippen molar-refractivity contribution in [2.75, 3.05) is 14.2 Å². The van der Waals surface area contributed by atoms with Gasteiger partial charge in [-0.05, 0) is 24.3 Å². The number of hydrogen-bond acceptors (Lipinski definition) is 4. The minimum absolute atomic E-state index is 0.00869. The molecule has 0 aliphatic heterocycles. The smallest absolute Gasteiger partial charge is 0.259 e. The monoisotopic (exact) mass is 300 g/mol. The Bertz CT molecular complexity index is 906. The molecule has 0 saturated carbocycles. The van der Waals surface area contributed by atoms with Gasteiger partial charge in [0.05, 0.1) is 25.1 Å². The van der Waals surface area contributed by atoms with Crippen LogP contribution in [-0.2, 0) is 0 Å². The lowest BCUT2D eigenvalue weighted by Gasteiger charge is -2.11. The molecule has 1 N–H and O–H groups in total. The van der Waals surface area contributed by atoms with Crippen molar-refractivity contribution in [3.05, 3.63) is 52.6 Å². The van der Waals surface area contributed by atoms with E-state index in [9.17, 15) is 9.18 Å². The third-order valence-corrected chi connectivity index (χ3v) is 3.32. The second-order valence-electron chi connectivity index (χ2n) is 4.63. The molecule has 6 heteroatoms. The molecule has 2 aromatic carbocycles. The number of ether oxygens (including phenoxy) is 2. The Kier molecular flexibility index (Phi) is 3.50. The van der Waals surface area contributed by atoms with Gasteiger partial charge < -0.3 is 14.5 Å². The van der Waals surface area contributed by atoms with E-state index in [0.29, 0.717) is 16.5 Å². The number of para-hydroxylation sites is 1. The van der Waals surface area contributed by atoms with Crippen LogP contribution in [0, 0.1) is 5.82 Å². The normalized spacial score (nSPS) is 10.7. The molecule has 0 unspecified atom stereocenters. The molecule has 0 radical (unpaired) electrons. The maximum atomic E-state index is 14.1. The van der Waals surface area contributed by atoms with Gasteiger partial charge in [-0.3, -0.25) is 4.79 Å². The first-order chi connectivity index (χ1) is 10.6. The molecule has 0 atom stereocenters. The number of aromatic nitrogens is 2. The minimum atomic E-state index is -0.590. The van der Waals surface area contributed by atoms with Gasteiger partial charge in [-0.2, -0.15) is 0 Å². The van der Waals surface area contributed by atoms with Gasteiger partial charge >= 0.3 is 0 Å². The first kappa shape index (κ1) is 14.1. The molecular weight excluding hydrogens is 287 g/mol. The SMILES string of the molecule is COc1cc(-c2nc3ccccc3c(=O)[nH]2)cc(F)c1OC. The second kappa shape index (κ2) is 5.48. The maximum Gasteiger partial charge on any atom is 0.259 e. The number of nitrogens with one attached hydrogen (secondary N) is 1. The molecular formula is C16H13FN2O3. The number of halogens is 1. The summed E-state index contributed by atoms with van der Waals surface area (Å²) in [6.45, 7) is 0. The molecule has 0 spiro atoms. The Labute approximate surface area is 125 Å². The highest BCUT2D eigenvalue weighted by Crippen LogP contribution is 2.34. The predicted octanol–water partition coefficient (Wildman–Crippen LogP) is 2.75. The molecule has 0 bridgehead atoms. The second-order valence-corrected chi connectivity index (χ2v) is 4.63. The summed E-state index contributed by atoms with van der Waals surface area (Å²) in [7, 11) is 2.77. The van der Waals surface area contributed by atoms with E-state index < -0.39 is 5.82 Å². The van der Waals surface area contributed by atoms with Gasteiger partial charge in [0.15, 0.2) is 17.3 Å². The summed E-state index contributed by atoms with van der Waals surface area (Å²) in [5.74, 6) is -0.0843. The Balaban J connectivity index is 2.23. The molecule has 1 heterocycles. The van der Waals surface area contributed by atoms with Gasteiger partial charge in [0.25, 0.3) is 5.56 Å². The highest BCUT2D eigenvalue weighted by Gasteiger charge is 2.15. The Hall–Kier alpha value is -2.89. The third kappa shape index (κ3) is 2.28. The molecule has 0 amide bonds. The summed E-state index contributed by atoms with van der Waals surface area (Å²) in [6, 6.07) is 9.76. The number of methoxy groups -OCH3 is 2. The number of nitrogens with zero attached hydrogens (tertiary/aromatic N) is 1. The van der Waals surface area contributed by atoms with E-state index in [1.165, 1.54) is 20.3 Å². The van der Waals surface area contributed by atoms with Crippen molar-refractivity contribution >= 4 is 10.9 Å². The Morgan fingerprint density at radius 1 is 1.14 bits per heavy atom. The van der Waals surface area contributed by atoms with Crippen molar-refractivity contribution in [2.45, 2.75) is 0 Å². The van der Waals surface area contributed by atoms with Gasteiger partial charge in [0.2, 0.25) is 0 Å². The van der Waals surface area contributed by atoms with E-state index in [-0.39, 0.29) is 22.9 Å². The first-order valence-corrected chi connectivity index (χ1v) is 6.55. The molecule has 0 aliphatic rings. The summed E-state index contributed by atoms with van der Waals surface area (Å²) >= 11 is 0. The van der Waals surface area contributed by atoms with E-state index in [4.69, 9.17) is 9.47 Å². The molecule has 0 saturated heterocycles. The molecule has 112 valence electrons. The molecule has 3 rings (SSSR count). The van der Waals surface area contributed by atoms with Crippen LogP contribution >= 0.6 is 0 Å². The van der Waals surface area contributed by atoms with Crippen molar-refractivity contribution in [2.24, 2.45) is 0 Å².